The monoisotopic (exact) mass is 663 g/mol. The van der Waals surface area contributed by atoms with Crippen LogP contribution >= 0.6 is 0 Å². The quantitative estimate of drug-likeness (QED) is 0.113. The number of nitrogens with zero attached hydrogens (tertiary/aromatic N) is 2. The van der Waals surface area contributed by atoms with Gasteiger partial charge in [0.25, 0.3) is 11.9 Å². The predicted octanol–water partition coefficient (Wildman–Crippen LogP) is 1.17. The fourth-order valence-electron chi connectivity index (χ4n) is 4.78. The maximum atomic E-state index is 13.6. The molecule has 0 fully saturated rings. The Kier molecular flexibility index (Phi) is 13.8. The van der Waals surface area contributed by atoms with Gasteiger partial charge >= 0.3 is 0 Å². The zero-order valence-electron chi connectivity index (χ0n) is 27.7. The molecule has 1 unspecified atom stereocenters. The first-order chi connectivity index (χ1) is 22.7. The number of benzene rings is 2. The highest BCUT2D eigenvalue weighted by Gasteiger charge is 2.35. The van der Waals surface area contributed by atoms with Crippen molar-refractivity contribution >= 4 is 35.4 Å². The van der Waals surface area contributed by atoms with Crippen LogP contribution in [0, 0.1) is 0 Å². The average Bonchev–Trinajstić information content (AvgIpc) is 3.46. The van der Waals surface area contributed by atoms with Gasteiger partial charge in [0, 0.05) is 18.4 Å². The van der Waals surface area contributed by atoms with Gasteiger partial charge in [0.2, 0.25) is 29.4 Å². The Morgan fingerprint density at radius 2 is 1.40 bits per heavy atom. The molecule has 0 aliphatic rings. The number of carbonyl (C=O) groups is 5. The lowest BCUT2D eigenvalue weighted by Gasteiger charge is -2.27. The van der Waals surface area contributed by atoms with Gasteiger partial charge in [-0.05, 0) is 69.7 Å². The van der Waals surface area contributed by atoms with Crippen LogP contribution in [-0.4, -0.2) is 74.4 Å². The highest BCUT2D eigenvalue weighted by atomic mass is 16.5. The summed E-state index contributed by atoms with van der Waals surface area (Å²) in [4.78, 5) is 69.9. The second-order valence-electron chi connectivity index (χ2n) is 12.6. The van der Waals surface area contributed by atoms with Crippen LogP contribution in [0.5, 0.6) is 0 Å². The van der Waals surface area contributed by atoms with Crippen molar-refractivity contribution in [3.63, 3.8) is 0 Å². The molecule has 0 aliphatic heterocycles. The molecule has 1 aromatic heterocycles. The molecule has 3 aromatic rings. The van der Waals surface area contributed by atoms with E-state index < -0.39 is 53.3 Å². The van der Waals surface area contributed by atoms with Crippen molar-refractivity contribution < 1.29 is 33.6 Å². The second-order valence-corrected chi connectivity index (χ2v) is 12.6. The maximum Gasteiger partial charge on any atom is 0.290 e. The summed E-state index contributed by atoms with van der Waals surface area (Å²) in [5.41, 5.74) is 6.67. The molecule has 0 radical (unpaired) electrons. The lowest BCUT2D eigenvalue weighted by molar-refractivity contribution is -0.141. The van der Waals surface area contributed by atoms with Crippen LogP contribution in [0.1, 0.15) is 64.0 Å². The van der Waals surface area contributed by atoms with Crippen LogP contribution < -0.4 is 27.0 Å². The maximum absolute atomic E-state index is 13.6. The summed E-state index contributed by atoms with van der Waals surface area (Å²) in [7, 11) is 0. The van der Waals surface area contributed by atoms with Gasteiger partial charge in [0.15, 0.2) is 0 Å². The smallest absolute Gasteiger partial charge is 0.290 e. The van der Waals surface area contributed by atoms with E-state index in [1.54, 1.807) is 20.8 Å². The van der Waals surface area contributed by atoms with E-state index in [0.29, 0.717) is 12.8 Å². The van der Waals surface area contributed by atoms with E-state index in [0.717, 1.165) is 11.1 Å². The van der Waals surface area contributed by atoms with Crippen molar-refractivity contribution in [2.45, 2.75) is 96.0 Å². The van der Waals surface area contributed by atoms with Gasteiger partial charge in [-0.1, -0.05) is 60.7 Å². The van der Waals surface area contributed by atoms with Gasteiger partial charge in [-0.25, -0.2) is 0 Å². The first kappa shape index (κ1) is 37.3. The van der Waals surface area contributed by atoms with Crippen LogP contribution in [0.2, 0.25) is 0 Å². The predicted molar refractivity (Wildman–Crippen MR) is 177 cm³/mol. The molecule has 14 heteroatoms. The van der Waals surface area contributed by atoms with E-state index in [2.05, 4.69) is 31.4 Å². The zero-order chi connectivity index (χ0) is 35.3. The number of anilines is 1. The molecule has 48 heavy (non-hydrogen) atoms. The first-order valence-electron chi connectivity index (χ1n) is 15.8. The van der Waals surface area contributed by atoms with Gasteiger partial charge in [-0.15, -0.1) is 0 Å². The molecule has 0 aliphatic carbocycles. The fraction of sp³-hybridized carbons (Fsp3) is 0.441. The van der Waals surface area contributed by atoms with E-state index in [1.807, 2.05) is 60.7 Å². The Bertz CT molecular complexity index is 1520. The SMILES string of the molecule is C[C@@H](O)[C@H](NC(=O)[C@H](CCc1ccccc1)NC(=O)CCc1ccccc1)C(=O)NC(CCc1nc(N)no1)C(=O)C(=O)NC(C)(C)C. The third kappa shape index (κ3) is 12.6. The number of aliphatic hydroxyl groups is 1. The molecular weight excluding hydrogens is 618 g/mol. The molecule has 0 bridgehead atoms. The number of ketones is 1. The number of hydrogen-bond acceptors (Lipinski definition) is 10. The fourth-order valence-corrected chi connectivity index (χ4v) is 4.78. The standard InChI is InChI=1S/C34H45N7O7/c1-21(42)28(31(46)37-24(18-20-27-38-33(35)41-48-27)29(44)32(47)40-34(2,3)4)39-30(45)25(17-15-22-11-7-5-8-12-22)36-26(43)19-16-23-13-9-6-10-14-23/h5-14,21,24-25,28,42H,15-20H2,1-4H3,(H2,35,41)(H,36,43)(H,37,46)(H,39,45)(H,40,47)/t21-,24?,25+,28+/m1/s1. The Morgan fingerprint density at radius 1 is 0.812 bits per heavy atom. The van der Waals surface area contributed by atoms with Gasteiger partial charge in [0.05, 0.1) is 12.1 Å². The van der Waals surface area contributed by atoms with E-state index in [9.17, 15) is 29.1 Å². The minimum atomic E-state index is -1.53. The summed E-state index contributed by atoms with van der Waals surface area (Å²) in [6.45, 7) is 6.38. The second kappa shape index (κ2) is 17.7. The third-order valence-corrected chi connectivity index (χ3v) is 7.24. The molecule has 14 nitrogen and oxygen atoms in total. The summed E-state index contributed by atoms with van der Waals surface area (Å²) in [5, 5.41) is 24.4. The number of Topliss-reactive ketones (excluding diaryl/α,β-unsaturated/α-hetero) is 1. The zero-order valence-corrected chi connectivity index (χ0v) is 27.7. The van der Waals surface area contributed by atoms with E-state index in [-0.39, 0.29) is 43.4 Å². The molecule has 0 saturated carbocycles. The van der Waals surface area contributed by atoms with Gasteiger partial charge in [-0.2, -0.15) is 4.98 Å². The number of hydrogen-bond donors (Lipinski definition) is 6. The Labute approximate surface area is 279 Å². The van der Waals surface area contributed by atoms with Crippen molar-refractivity contribution in [3.05, 3.63) is 77.7 Å². The van der Waals surface area contributed by atoms with E-state index >= 15 is 0 Å². The van der Waals surface area contributed by atoms with Gasteiger partial charge in [0.1, 0.15) is 12.1 Å². The van der Waals surface area contributed by atoms with Crippen LogP contribution in [-0.2, 0) is 43.2 Å². The normalized spacial score (nSPS) is 13.8. The van der Waals surface area contributed by atoms with Crippen LogP contribution in [0.25, 0.3) is 0 Å². The van der Waals surface area contributed by atoms with Crippen molar-refractivity contribution in [2.75, 3.05) is 5.73 Å². The molecule has 0 spiro atoms. The van der Waals surface area contributed by atoms with Crippen LogP contribution in [0.3, 0.4) is 0 Å². The number of aryl methyl sites for hydroxylation is 3. The number of nitrogen functional groups attached to an aromatic ring is 1. The number of aromatic nitrogens is 2. The molecule has 0 saturated heterocycles. The van der Waals surface area contributed by atoms with Crippen LogP contribution in [0.4, 0.5) is 5.95 Å². The Hall–Kier alpha value is -5.11. The van der Waals surface area contributed by atoms with Crippen molar-refractivity contribution in [3.8, 4) is 0 Å². The highest BCUT2D eigenvalue weighted by molar-refractivity contribution is 6.38. The van der Waals surface area contributed by atoms with Crippen molar-refractivity contribution in [1.29, 1.82) is 0 Å². The lowest BCUT2D eigenvalue weighted by Crippen LogP contribution is -2.60. The average molecular weight is 664 g/mol. The van der Waals surface area contributed by atoms with Crippen molar-refractivity contribution in [2.24, 2.45) is 0 Å². The third-order valence-electron chi connectivity index (χ3n) is 7.24. The molecular formula is C34H45N7O7. The molecule has 1 heterocycles. The highest BCUT2D eigenvalue weighted by Crippen LogP contribution is 2.10. The summed E-state index contributed by atoms with van der Waals surface area (Å²) in [6, 6.07) is 14.9. The molecule has 3 rings (SSSR count). The first-order valence-corrected chi connectivity index (χ1v) is 15.8. The number of carbonyl (C=O) groups excluding carboxylic acids is 5. The minimum Gasteiger partial charge on any atom is -0.391 e. The summed E-state index contributed by atoms with van der Waals surface area (Å²) >= 11 is 0. The molecule has 2 aromatic carbocycles. The lowest BCUT2D eigenvalue weighted by atomic mass is 10.0. The Morgan fingerprint density at radius 3 is 1.94 bits per heavy atom. The molecule has 258 valence electrons. The number of rotatable bonds is 17. The van der Waals surface area contributed by atoms with Crippen molar-refractivity contribution in [1.82, 2.24) is 31.4 Å². The number of amides is 4. The molecule has 4 amide bonds. The largest absolute Gasteiger partial charge is 0.391 e. The summed E-state index contributed by atoms with van der Waals surface area (Å²) in [5.74, 6) is -3.89. The van der Waals surface area contributed by atoms with E-state index in [4.69, 9.17) is 10.3 Å². The summed E-state index contributed by atoms with van der Waals surface area (Å²) in [6.07, 6.45) is -0.288. The molecule has 7 N–H and O–H groups in total. The van der Waals surface area contributed by atoms with Crippen LogP contribution in [0.15, 0.2) is 65.2 Å². The number of nitrogens with two attached hydrogens (primary N) is 1. The number of aliphatic hydroxyl groups excluding tert-OH is 1. The minimum absolute atomic E-state index is 0.00797. The topological polar surface area (TPSA) is 219 Å². The molecule has 4 atom stereocenters. The number of nitrogens with one attached hydrogen (secondary N) is 4. The Balaban J connectivity index is 1.75. The van der Waals surface area contributed by atoms with E-state index in [1.165, 1.54) is 6.92 Å². The van der Waals surface area contributed by atoms with Gasteiger partial charge in [-0.3, -0.25) is 24.0 Å². The summed E-state index contributed by atoms with van der Waals surface area (Å²) < 4.78 is 4.99. The van der Waals surface area contributed by atoms with Gasteiger partial charge < -0.3 is 36.6 Å².